The molecule has 41 heavy (non-hydrogen) atoms. The van der Waals surface area contributed by atoms with E-state index in [1.165, 1.54) is 0 Å². The lowest BCUT2D eigenvalue weighted by Gasteiger charge is -2.35. The van der Waals surface area contributed by atoms with Gasteiger partial charge in [0, 0.05) is 36.5 Å². The Bertz CT molecular complexity index is 1810. The van der Waals surface area contributed by atoms with E-state index < -0.39 is 6.04 Å². The number of amides is 1. The van der Waals surface area contributed by atoms with Crippen LogP contribution in [0.4, 0.5) is 0 Å². The normalized spacial score (nSPS) is 12.1. The number of nitriles is 1. The monoisotopic (exact) mass is 546 g/mol. The van der Waals surface area contributed by atoms with Gasteiger partial charge in [-0.05, 0) is 54.8 Å². The maximum Gasteiger partial charge on any atom is 0.271 e. The molecule has 1 unspecified atom stereocenters. The second kappa shape index (κ2) is 11.8. The summed E-state index contributed by atoms with van der Waals surface area (Å²) in [6.45, 7) is 4.85. The summed E-state index contributed by atoms with van der Waals surface area (Å²) in [4.78, 5) is 30.2. The quantitative estimate of drug-likeness (QED) is 0.246. The molecule has 0 radical (unpaired) electrons. The van der Waals surface area contributed by atoms with E-state index in [1.807, 2.05) is 86.1 Å². The summed E-state index contributed by atoms with van der Waals surface area (Å²) in [5.74, 6) is 0.191. The van der Waals surface area contributed by atoms with Crippen molar-refractivity contribution in [2.75, 3.05) is 13.1 Å². The van der Waals surface area contributed by atoms with Crippen LogP contribution in [0.3, 0.4) is 0 Å². The van der Waals surface area contributed by atoms with Crippen LogP contribution in [0.2, 0.25) is 0 Å². The average Bonchev–Trinajstić information content (AvgIpc) is 3.32. The number of nitrogens with zero attached hydrogens (tertiary/aromatic N) is 3. The molecule has 2 heterocycles. The second-order valence-corrected chi connectivity index (χ2v) is 10.7. The standard InChI is InChI=1S/C34H34N4O3/c1-22(2)31(38(17-9-16-35)34(40)29-20-25-12-7-8-13-28(25)37(29)3)33-27(18-23-10-5-4-6-11-23)32(39)26-15-14-24(21-36)19-30(26)41-33/h4-8,10-15,19-20,22,31H,9,16-18,35H2,1-3H3. The molecule has 7 heteroatoms. The fourth-order valence-corrected chi connectivity index (χ4v) is 5.60. The number of rotatable bonds is 9. The largest absolute Gasteiger partial charge is 0.458 e. The number of hydrogen-bond acceptors (Lipinski definition) is 5. The van der Waals surface area contributed by atoms with Crippen molar-refractivity contribution in [1.29, 1.82) is 5.26 Å². The Morgan fingerprint density at radius 2 is 1.78 bits per heavy atom. The van der Waals surface area contributed by atoms with Gasteiger partial charge in [-0.3, -0.25) is 9.59 Å². The van der Waals surface area contributed by atoms with Gasteiger partial charge in [0.15, 0.2) is 5.43 Å². The van der Waals surface area contributed by atoms with Gasteiger partial charge in [0.2, 0.25) is 0 Å². The summed E-state index contributed by atoms with van der Waals surface area (Å²) in [5.41, 5.74) is 9.50. The molecule has 0 aliphatic rings. The lowest BCUT2D eigenvalue weighted by atomic mass is 9.92. The molecule has 7 nitrogen and oxygen atoms in total. The number of fused-ring (bicyclic) bond motifs is 2. The highest BCUT2D eigenvalue weighted by Gasteiger charge is 2.34. The van der Waals surface area contributed by atoms with Crippen molar-refractivity contribution >= 4 is 27.8 Å². The van der Waals surface area contributed by atoms with Crippen molar-refractivity contribution in [3.63, 3.8) is 0 Å². The van der Waals surface area contributed by atoms with Crippen LogP contribution in [0.25, 0.3) is 21.9 Å². The van der Waals surface area contributed by atoms with Gasteiger partial charge >= 0.3 is 0 Å². The smallest absolute Gasteiger partial charge is 0.271 e. The Morgan fingerprint density at radius 3 is 2.46 bits per heavy atom. The van der Waals surface area contributed by atoms with Crippen LogP contribution in [0, 0.1) is 17.2 Å². The molecule has 0 fully saturated rings. The molecule has 5 aromatic rings. The zero-order chi connectivity index (χ0) is 29.1. The van der Waals surface area contributed by atoms with Gasteiger partial charge < -0.3 is 19.6 Å². The molecule has 0 aliphatic carbocycles. The predicted molar refractivity (Wildman–Crippen MR) is 162 cm³/mol. The molecule has 0 spiro atoms. The van der Waals surface area contributed by atoms with Gasteiger partial charge in [0.25, 0.3) is 5.91 Å². The number of aromatic nitrogens is 1. The van der Waals surface area contributed by atoms with E-state index in [2.05, 4.69) is 6.07 Å². The second-order valence-electron chi connectivity index (χ2n) is 10.7. The maximum atomic E-state index is 14.4. The summed E-state index contributed by atoms with van der Waals surface area (Å²) in [6, 6.07) is 26.0. The van der Waals surface area contributed by atoms with Crippen molar-refractivity contribution in [2.45, 2.75) is 32.7 Å². The number of nitrogens with two attached hydrogens (primary N) is 1. The van der Waals surface area contributed by atoms with E-state index in [0.717, 1.165) is 16.5 Å². The molecular formula is C34H34N4O3. The number of aryl methyl sites for hydroxylation is 1. The lowest BCUT2D eigenvalue weighted by Crippen LogP contribution is -2.40. The van der Waals surface area contributed by atoms with Gasteiger partial charge in [0.05, 0.1) is 23.1 Å². The van der Waals surface area contributed by atoms with E-state index >= 15 is 0 Å². The van der Waals surface area contributed by atoms with E-state index in [0.29, 0.717) is 59.5 Å². The van der Waals surface area contributed by atoms with Gasteiger partial charge in [-0.15, -0.1) is 0 Å². The first-order valence-electron chi connectivity index (χ1n) is 13.9. The predicted octanol–water partition coefficient (Wildman–Crippen LogP) is 5.94. The highest BCUT2D eigenvalue weighted by Crippen LogP contribution is 2.35. The van der Waals surface area contributed by atoms with Gasteiger partial charge in [-0.2, -0.15) is 5.26 Å². The third kappa shape index (κ3) is 5.39. The Balaban J connectivity index is 1.73. The Hall–Kier alpha value is -4.67. The first-order chi connectivity index (χ1) is 19.8. The van der Waals surface area contributed by atoms with Crippen LogP contribution in [0.5, 0.6) is 0 Å². The zero-order valence-corrected chi connectivity index (χ0v) is 23.6. The van der Waals surface area contributed by atoms with Crippen molar-refractivity contribution < 1.29 is 9.21 Å². The summed E-state index contributed by atoms with van der Waals surface area (Å²) in [5, 5.41) is 10.9. The fraction of sp³-hybridized carbons (Fsp3) is 0.265. The average molecular weight is 547 g/mol. The highest BCUT2D eigenvalue weighted by molar-refractivity contribution is 5.99. The summed E-state index contributed by atoms with van der Waals surface area (Å²) in [6.07, 6.45) is 0.938. The molecule has 0 aliphatic heterocycles. The van der Waals surface area contributed by atoms with Gasteiger partial charge in [-0.25, -0.2) is 0 Å². The Kier molecular flexibility index (Phi) is 8.04. The van der Waals surface area contributed by atoms with Gasteiger partial charge in [-0.1, -0.05) is 62.4 Å². The van der Waals surface area contributed by atoms with Crippen molar-refractivity contribution in [1.82, 2.24) is 9.47 Å². The molecule has 0 bridgehead atoms. The number of benzene rings is 3. The summed E-state index contributed by atoms with van der Waals surface area (Å²) in [7, 11) is 1.89. The van der Waals surface area contributed by atoms with Crippen LogP contribution in [0.15, 0.2) is 88.1 Å². The Morgan fingerprint density at radius 1 is 1.05 bits per heavy atom. The zero-order valence-electron chi connectivity index (χ0n) is 23.6. The number of carbonyl (C=O) groups is 1. The van der Waals surface area contributed by atoms with Crippen LogP contribution in [0.1, 0.15) is 59.2 Å². The van der Waals surface area contributed by atoms with Crippen molar-refractivity contribution in [3.05, 3.63) is 117 Å². The van der Waals surface area contributed by atoms with Crippen LogP contribution >= 0.6 is 0 Å². The molecule has 3 aromatic carbocycles. The van der Waals surface area contributed by atoms with E-state index in [1.54, 1.807) is 23.1 Å². The van der Waals surface area contributed by atoms with E-state index in [9.17, 15) is 14.9 Å². The molecule has 2 aromatic heterocycles. The molecule has 0 saturated carbocycles. The highest BCUT2D eigenvalue weighted by atomic mass is 16.3. The minimum absolute atomic E-state index is 0.0966. The maximum absolute atomic E-state index is 14.4. The van der Waals surface area contributed by atoms with Crippen LogP contribution < -0.4 is 11.2 Å². The first-order valence-corrected chi connectivity index (χ1v) is 13.9. The lowest BCUT2D eigenvalue weighted by molar-refractivity contribution is 0.0578. The van der Waals surface area contributed by atoms with E-state index in [4.69, 9.17) is 10.2 Å². The minimum Gasteiger partial charge on any atom is -0.458 e. The molecule has 208 valence electrons. The minimum atomic E-state index is -0.548. The number of hydrogen-bond donors (Lipinski definition) is 1. The van der Waals surface area contributed by atoms with Crippen LogP contribution in [-0.2, 0) is 13.5 Å². The third-order valence-corrected chi connectivity index (χ3v) is 7.64. The van der Waals surface area contributed by atoms with Crippen molar-refractivity contribution in [3.8, 4) is 6.07 Å². The third-order valence-electron chi connectivity index (χ3n) is 7.64. The molecule has 0 saturated heterocycles. The van der Waals surface area contributed by atoms with Gasteiger partial charge in [0.1, 0.15) is 17.0 Å². The van der Waals surface area contributed by atoms with Crippen molar-refractivity contribution in [2.24, 2.45) is 18.7 Å². The first kappa shape index (κ1) is 27.9. The molecular weight excluding hydrogens is 512 g/mol. The number of carbonyl (C=O) groups excluding carboxylic acids is 1. The fourth-order valence-electron chi connectivity index (χ4n) is 5.60. The molecule has 1 atom stereocenters. The Labute approximate surface area is 239 Å². The number of para-hydroxylation sites is 1. The topological polar surface area (TPSA) is 105 Å². The molecule has 1 amide bonds. The summed E-state index contributed by atoms with van der Waals surface area (Å²) >= 11 is 0. The van der Waals surface area contributed by atoms with Crippen LogP contribution in [-0.4, -0.2) is 28.5 Å². The van der Waals surface area contributed by atoms with E-state index in [-0.39, 0.29) is 17.3 Å². The molecule has 5 rings (SSSR count). The SMILES string of the molecule is CC(C)C(c1oc2cc(C#N)ccc2c(=O)c1Cc1ccccc1)N(CCCN)C(=O)c1cc2ccccc2n1C. The molecule has 2 N–H and O–H groups in total. The summed E-state index contributed by atoms with van der Waals surface area (Å²) < 4.78 is 8.47.